The van der Waals surface area contributed by atoms with Gasteiger partial charge in [0.05, 0.1) is 36.6 Å². The molecule has 0 aliphatic carbocycles. The summed E-state index contributed by atoms with van der Waals surface area (Å²) in [6.07, 6.45) is -3.35. The molecule has 0 radical (unpaired) electrons. The van der Waals surface area contributed by atoms with Crippen molar-refractivity contribution in [3.05, 3.63) is 59.8 Å². The monoisotopic (exact) mass is 474 g/mol. The number of hydrogen-bond acceptors (Lipinski definition) is 6. The Morgan fingerprint density at radius 1 is 1.15 bits per heavy atom. The van der Waals surface area contributed by atoms with Gasteiger partial charge in [-0.15, -0.1) is 5.10 Å². The van der Waals surface area contributed by atoms with Crippen LogP contribution in [-0.4, -0.2) is 52.2 Å². The van der Waals surface area contributed by atoms with E-state index < -0.39 is 11.7 Å². The highest BCUT2D eigenvalue weighted by atomic mass is 19.4. The Bertz CT molecular complexity index is 1150. The minimum atomic E-state index is -4.56. The number of benzene rings is 2. The summed E-state index contributed by atoms with van der Waals surface area (Å²) in [5, 5.41) is 8.13. The molecule has 1 aromatic heterocycles. The molecule has 1 saturated heterocycles. The number of nitrogens with zero attached hydrogens (tertiary/aromatic N) is 4. The van der Waals surface area contributed by atoms with Crippen molar-refractivity contribution in [2.75, 3.05) is 20.2 Å². The Labute approximate surface area is 195 Å². The van der Waals surface area contributed by atoms with Crippen LogP contribution in [0.1, 0.15) is 25.0 Å². The van der Waals surface area contributed by atoms with Gasteiger partial charge in [-0.3, -0.25) is 9.69 Å². The molecule has 34 heavy (non-hydrogen) atoms. The maximum atomic E-state index is 13.6. The van der Waals surface area contributed by atoms with Gasteiger partial charge in [0.15, 0.2) is 0 Å². The third-order valence-corrected chi connectivity index (χ3v) is 5.54. The molecule has 2 aromatic carbocycles. The van der Waals surface area contributed by atoms with Crippen molar-refractivity contribution in [1.29, 1.82) is 0 Å². The second-order valence-electron chi connectivity index (χ2n) is 8.50. The number of aromatic nitrogens is 3. The Hall–Kier alpha value is -3.40. The van der Waals surface area contributed by atoms with Crippen LogP contribution in [0.15, 0.2) is 48.7 Å². The van der Waals surface area contributed by atoms with Gasteiger partial charge < -0.3 is 9.47 Å². The molecule has 0 bridgehead atoms. The van der Waals surface area contributed by atoms with E-state index in [1.165, 1.54) is 17.9 Å². The highest BCUT2D eigenvalue weighted by molar-refractivity contribution is 5.73. The van der Waals surface area contributed by atoms with E-state index in [-0.39, 0.29) is 23.7 Å². The summed E-state index contributed by atoms with van der Waals surface area (Å²) in [6.45, 7) is 5.39. The molecule has 0 atom stereocenters. The molecule has 4 rings (SSSR count). The standard InChI is InChI=1S/C24H25F3N4O3/c1-15(2)34-22-9-6-17(10-20(22)24(25,26)27)21-14-31(29-28-21)19-7-4-16(5-8-19)11-30-12-18(13-30)23(32)33-3/h4-10,14-15,18H,11-13H2,1-3H3. The maximum absolute atomic E-state index is 13.6. The van der Waals surface area contributed by atoms with Crippen LogP contribution in [0.5, 0.6) is 5.75 Å². The zero-order chi connectivity index (χ0) is 24.5. The first-order chi connectivity index (χ1) is 16.1. The van der Waals surface area contributed by atoms with Crippen molar-refractivity contribution in [3.63, 3.8) is 0 Å². The first-order valence-corrected chi connectivity index (χ1v) is 10.8. The Morgan fingerprint density at radius 2 is 1.85 bits per heavy atom. The van der Waals surface area contributed by atoms with Crippen molar-refractivity contribution in [3.8, 4) is 22.7 Å². The molecule has 0 N–H and O–H groups in total. The minimum absolute atomic E-state index is 0.0679. The second-order valence-corrected chi connectivity index (χ2v) is 8.50. The van der Waals surface area contributed by atoms with E-state index in [1.807, 2.05) is 24.3 Å². The van der Waals surface area contributed by atoms with Gasteiger partial charge in [-0.25, -0.2) is 4.68 Å². The van der Waals surface area contributed by atoms with E-state index in [0.29, 0.717) is 30.9 Å². The number of rotatable bonds is 7. The van der Waals surface area contributed by atoms with Crippen LogP contribution < -0.4 is 4.74 Å². The highest BCUT2D eigenvalue weighted by Gasteiger charge is 2.35. The molecule has 0 amide bonds. The fraction of sp³-hybridized carbons (Fsp3) is 0.375. The summed E-state index contributed by atoms with van der Waals surface area (Å²) in [5.74, 6) is -0.464. The van der Waals surface area contributed by atoms with E-state index in [4.69, 9.17) is 9.47 Å². The molecule has 0 spiro atoms. The fourth-order valence-electron chi connectivity index (χ4n) is 3.82. The van der Waals surface area contributed by atoms with Gasteiger partial charge in [0.25, 0.3) is 0 Å². The zero-order valence-electron chi connectivity index (χ0n) is 19.0. The first kappa shape index (κ1) is 23.7. The smallest absolute Gasteiger partial charge is 0.419 e. The van der Waals surface area contributed by atoms with E-state index in [2.05, 4.69) is 15.2 Å². The summed E-state index contributed by atoms with van der Waals surface area (Å²) in [7, 11) is 1.39. The van der Waals surface area contributed by atoms with E-state index in [9.17, 15) is 18.0 Å². The van der Waals surface area contributed by atoms with Crippen LogP contribution in [0.3, 0.4) is 0 Å². The number of halogens is 3. The number of ether oxygens (including phenoxy) is 2. The molecule has 1 aliphatic rings. The van der Waals surface area contributed by atoms with Gasteiger partial charge in [-0.1, -0.05) is 17.3 Å². The molecule has 2 heterocycles. The van der Waals surface area contributed by atoms with Crippen molar-refractivity contribution in [2.45, 2.75) is 32.7 Å². The number of esters is 1. The lowest BCUT2D eigenvalue weighted by atomic mass is 9.99. The first-order valence-electron chi connectivity index (χ1n) is 10.8. The summed E-state index contributed by atoms with van der Waals surface area (Å²) in [4.78, 5) is 13.6. The van der Waals surface area contributed by atoms with Gasteiger partial charge >= 0.3 is 12.1 Å². The van der Waals surface area contributed by atoms with Gasteiger partial charge in [-0.2, -0.15) is 13.2 Å². The van der Waals surface area contributed by atoms with Crippen molar-refractivity contribution in [1.82, 2.24) is 19.9 Å². The van der Waals surface area contributed by atoms with Crippen LogP contribution in [-0.2, 0) is 22.3 Å². The van der Waals surface area contributed by atoms with E-state index in [0.717, 1.165) is 17.3 Å². The lowest BCUT2D eigenvalue weighted by Gasteiger charge is -2.37. The molecule has 1 fully saturated rings. The summed E-state index contributed by atoms with van der Waals surface area (Å²) in [5.41, 5.74) is 1.57. The number of carbonyl (C=O) groups excluding carboxylic acids is 1. The summed E-state index contributed by atoms with van der Waals surface area (Å²) in [6, 6.07) is 11.5. The lowest BCUT2D eigenvalue weighted by Crippen LogP contribution is -2.49. The number of likely N-dealkylation sites (tertiary alicyclic amines) is 1. The molecule has 0 unspecified atom stereocenters. The number of alkyl halides is 3. The van der Waals surface area contributed by atoms with Gasteiger partial charge in [0.2, 0.25) is 0 Å². The SMILES string of the molecule is COC(=O)C1CN(Cc2ccc(-n3cc(-c4ccc(OC(C)C)c(C(F)(F)F)c4)nn3)cc2)C1. The summed E-state index contributed by atoms with van der Waals surface area (Å²) < 4.78 is 52.3. The molecule has 3 aromatic rings. The minimum Gasteiger partial charge on any atom is -0.490 e. The predicted octanol–water partition coefficient (Wildman–Crippen LogP) is 4.35. The Balaban J connectivity index is 1.47. The van der Waals surface area contributed by atoms with Gasteiger partial charge in [-0.05, 0) is 49.7 Å². The van der Waals surface area contributed by atoms with Gasteiger partial charge in [0, 0.05) is 25.2 Å². The molecule has 7 nitrogen and oxygen atoms in total. The van der Waals surface area contributed by atoms with Crippen LogP contribution in [0, 0.1) is 5.92 Å². The highest BCUT2D eigenvalue weighted by Crippen LogP contribution is 2.39. The van der Waals surface area contributed by atoms with Crippen LogP contribution in [0.25, 0.3) is 16.9 Å². The molecule has 180 valence electrons. The normalized spacial score (nSPS) is 14.8. The molecular formula is C24H25F3N4O3. The topological polar surface area (TPSA) is 69.5 Å². The van der Waals surface area contributed by atoms with Crippen LogP contribution >= 0.6 is 0 Å². The molecule has 10 heteroatoms. The third-order valence-electron chi connectivity index (χ3n) is 5.54. The third kappa shape index (κ3) is 5.22. The van der Waals surface area contributed by atoms with Crippen molar-refractivity contribution in [2.24, 2.45) is 5.92 Å². The largest absolute Gasteiger partial charge is 0.490 e. The van der Waals surface area contributed by atoms with Crippen LogP contribution in [0.2, 0.25) is 0 Å². The van der Waals surface area contributed by atoms with Crippen molar-refractivity contribution >= 4 is 5.97 Å². The predicted molar refractivity (Wildman–Crippen MR) is 118 cm³/mol. The Kier molecular flexibility index (Phi) is 6.60. The van der Waals surface area contributed by atoms with Crippen LogP contribution in [0.4, 0.5) is 13.2 Å². The molecular weight excluding hydrogens is 449 g/mol. The average molecular weight is 474 g/mol. The Morgan fingerprint density at radius 3 is 2.47 bits per heavy atom. The zero-order valence-corrected chi connectivity index (χ0v) is 19.0. The van der Waals surface area contributed by atoms with E-state index >= 15 is 0 Å². The summed E-state index contributed by atoms with van der Waals surface area (Å²) >= 11 is 0. The number of carbonyl (C=O) groups is 1. The molecule has 0 saturated carbocycles. The maximum Gasteiger partial charge on any atom is 0.419 e. The molecule has 1 aliphatic heterocycles. The van der Waals surface area contributed by atoms with Crippen molar-refractivity contribution < 1.29 is 27.4 Å². The fourth-order valence-corrected chi connectivity index (χ4v) is 3.82. The number of methoxy groups -OCH3 is 1. The average Bonchev–Trinajstić information content (AvgIpc) is 3.25. The number of hydrogen-bond donors (Lipinski definition) is 0. The lowest BCUT2D eigenvalue weighted by molar-refractivity contribution is -0.151. The van der Waals surface area contributed by atoms with Gasteiger partial charge in [0.1, 0.15) is 11.4 Å². The van der Waals surface area contributed by atoms with E-state index in [1.54, 1.807) is 26.1 Å². The quantitative estimate of drug-likeness (QED) is 0.475. The second kappa shape index (κ2) is 9.46.